The van der Waals surface area contributed by atoms with Gasteiger partial charge in [0.25, 0.3) is 5.91 Å². The Morgan fingerprint density at radius 2 is 2.25 bits per heavy atom. The fourth-order valence-electron chi connectivity index (χ4n) is 2.66. The number of nitrogens with two attached hydrogens (primary N) is 1. The van der Waals surface area contributed by atoms with E-state index in [0.29, 0.717) is 23.4 Å². The molecule has 4 heteroatoms. The Labute approximate surface area is 124 Å². The topological polar surface area (TPSA) is 55.1 Å². The van der Waals surface area contributed by atoms with Crippen LogP contribution in [0.4, 0.5) is 0 Å². The number of hydrogen-bond donors (Lipinski definition) is 2. The highest BCUT2D eigenvalue weighted by Crippen LogP contribution is 2.29. The van der Waals surface area contributed by atoms with E-state index in [9.17, 15) is 4.79 Å². The van der Waals surface area contributed by atoms with E-state index < -0.39 is 0 Å². The first-order valence-corrected chi connectivity index (χ1v) is 8.07. The quantitative estimate of drug-likeness (QED) is 0.823. The molecule has 3 unspecified atom stereocenters. The molecule has 1 saturated carbocycles. The van der Waals surface area contributed by atoms with E-state index in [2.05, 4.69) is 31.0 Å². The number of thiophene rings is 1. The Hall–Kier alpha value is -1.31. The molecule has 3 atom stereocenters. The minimum Gasteiger partial charge on any atom is -0.349 e. The van der Waals surface area contributed by atoms with Crippen molar-refractivity contribution in [2.75, 3.05) is 6.54 Å². The van der Waals surface area contributed by atoms with Gasteiger partial charge in [0.2, 0.25) is 0 Å². The standard InChI is InChI=1S/C16H22N2OS/c1-11-5-6-14(10-12(11)2)18-16(19)15-13(4-3-8-17)7-9-20-15/h7,9,11-12,14H,5-6,8,10,17H2,1-2H3,(H,18,19). The van der Waals surface area contributed by atoms with Gasteiger partial charge in [-0.2, -0.15) is 0 Å². The summed E-state index contributed by atoms with van der Waals surface area (Å²) in [6, 6.07) is 2.18. The van der Waals surface area contributed by atoms with Gasteiger partial charge in [0.05, 0.1) is 6.54 Å². The zero-order valence-electron chi connectivity index (χ0n) is 12.1. The van der Waals surface area contributed by atoms with Crippen LogP contribution >= 0.6 is 11.3 Å². The molecule has 1 fully saturated rings. The van der Waals surface area contributed by atoms with Crippen LogP contribution in [0.3, 0.4) is 0 Å². The molecule has 1 amide bonds. The molecular formula is C16H22N2OS. The summed E-state index contributed by atoms with van der Waals surface area (Å²) in [5.74, 6) is 7.21. The molecule has 1 aliphatic rings. The average Bonchev–Trinajstić information content (AvgIpc) is 2.89. The van der Waals surface area contributed by atoms with Crippen LogP contribution < -0.4 is 11.1 Å². The molecule has 1 aromatic rings. The number of hydrogen-bond acceptors (Lipinski definition) is 3. The van der Waals surface area contributed by atoms with Gasteiger partial charge in [0.1, 0.15) is 4.88 Å². The summed E-state index contributed by atoms with van der Waals surface area (Å²) in [6.07, 6.45) is 3.34. The highest BCUT2D eigenvalue weighted by molar-refractivity contribution is 7.12. The molecule has 0 aromatic carbocycles. The van der Waals surface area contributed by atoms with Crippen LogP contribution in [0.5, 0.6) is 0 Å². The minimum atomic E-state index is 0.00748. The Bertz CT molecular complexity index is 526. The Morgan fingerprint density at radius 3 is 2.95 bits per heavy atom. The van der Waals surface area contributed by atoms with Crippen LogP contribution in [0.15, 0.2) is 11.4 Å². The monoisotopic (exact) mass is 290 g/mol. The average molecular weight is 290 g/mol. The summed E-state index contributed by atoms with van der Waals surface area (Å²) in [5.41, 5.74) is 6.17. The highest BCUT2D eigenvalue weighted by Gasteiger charge is 2.26. The van der Waals surface area contributed by atoms with Crippen molar-refractivity contribution >= 4 is 17.2 Å². The minimum absolute atomic E-state index is 0.00748. The van der Waals surface area contributed by atoms with Crippen molar-refractivity contribution in [3.8, 4) is 11.8 Å². The fourth-order valence-corrected chi connectivity index (χ4v) is 3.41. The van der Waals surface area contributed by atoms with Crippen molar-refractivity contribution in [3.05, 3.63) is 21.9 Å². The molecule has 0 radical (unpaired) electrons. The van der Waals surface area contributed by atoms with Gasteiger partial charge in [-0.05, 0) is 42.5 Å². The van der Waals surface area contributed by atoms with Crippen LogP contribution in [0.1, 0.15) is 48.3 Å². The molecule has 0 aliphatic heterocycles. The Kier molecular flexibility index (Phi) is 5.22. The molecule has 0 saturated heterocycles. The van der Waals surface area contributed by atoms with Gasteiger partial charge in [0, 0.05) is 11.6 Å². The van der Waals surface area contributed by atoms with Crippen molar-refractivity contribution in [1.29, 1.82) is 0 Å². The molecule has 0 spiro atoms. The van der Waals surface area contributed by atoms with Gasteiger partial charge in [-0.25, -0.2) is 0 Å². The summed E-state index contributed by atoms with van der Waals surface area (Å²) in [4.78, 5) is 13.1. The number of rotatable bonds is 2. The summed E-state index contributed by atoms with van der Waals surface area (Å²) in [5, 5.41) is 5.07. The van der Waals surface area contributed by atoms with Crippen molar-refractivity contribution in [2.45, 2.75) is 39.2 Å². The van der Waals surface area contributed by atoms with Gasteiger partial charge in [-0.15, -0.1) is 11.3 Å². The summed E-state index contributed by atoms with van der Waals surface area (Å²) in [6.45, 7) is 4.88. The van der Waals surface area contributed by atoms with Crippen molar-refractivity contribution in [1.82, 2.24) is 5.32 Å². The van der Waals surface area contributed by atoms with Crippen molar-refractivity contribution < 1.29 is 4.79 Å². The number of amides is 1. The normalized spacial score (nSPS) is 25.6. The van der Waals surface area contributed by atoms with Gasteiger partial charge in [-0.1, -0.05) is 25.7 Å². The maximum absolute atomic E-state index is 12.3. The molecule has 1 aliphatic carbocycles. The van der Waals surface area contributed by atoms with Crippen LogP contribution in [0, 0.1) is 23.7 Å². The largest absolute Gasteiger partial charge is 0.349 e. The number of nitrogens with one attached hydrogen (secondary N) is 1. The van der Waals surface area contributed by atoms with E-state index in [1.165, 1.54) is 17.8 Å². The highest BCUT2D eigenvalue weighted by atomic mass is 32.1. The van der Waals surface area contributed by atoms with Gasteiger partial charge >= 0.3 is 0 Å². The van der Waals surface area contributed by atoms with E-state index in [4.69, 9.17) is 5.73 Å². The molecule has 0 bridgehead atoms. The van der Waals surface area contributed by atoms with Crippen molar-refractivity contribution in [3.63, 3.8) is 0 Å². The third kappa shape index (κ3) is 3.62. The molecule has 1 aromatic heterocycles. The second-order valence-corrected chi connectivity index (χ2v) is 6.52. The Morgan fingerprint density at radius 1 is 1.45 bits per heavy atom. The lowest BCUT2D eigenvalue weighted by Crippen LogP contribution is -2.39. The molecular weight excluding hydrogens is 268 g/mol. The maximum Gasteiger partial charge on any atom is 0.262 e. The van der Waals surface area contributed by atoms with Crippen LogP contribution in [0.2, 0.25) is 0 Å². The third-order valence-corrected chi connectivity index (χ3v) is 5.04. The lowest BCUT2D eigenvalue weighted by molar-refractivity contribution is 0.0914. The number of carbonyl (C=O) groups excluding carboxylic acids is 1. The smallest absolute Gasteiger partial charge is 0.262 e. The first kappa shape index (κ1) is 15.1. The van der Waals surface area contributed by atoms with Crippen molar-refractivity contribution in [2.24, 2.45) is 17.6 Å². The van der Waals surface area contributed by atoms with E-state index in [1.807, 2.05) is 11.4 Å². The third-order valence-electron chi connectivity index (χ3n) is 4.13. The van der Waals surface area contributed by atoms with Gasteiger partial charge < -0.3 is 11.1 Å². The molecule has 1 heterocycles. The first-order chi connectivity index (χ1) is 9.61. The van der Waals surface area contributed by atoms with Gasteiger partial charge in [0.15, 0.2) is 0 Å². The second-order valence-electron chi connectivity index (χ2n) is 5.61. The molecule has 3 N–H and O–H groups in total. The lowest BCUT2D eigenvalue weighted by Gasteiger charge is -2.32. The van der Waals surface area contributed by atoms with E-state index in [-0.39, 0.29) is 5.91 Å². The van der Waals surface area contributed by atoms with E-state index in [0.717, 1.165) is 24.3 Å². The lowest BCUT2D eigenvalue weighted by atomic mass is 9.79. The summed E-state index contributed by atoms with van der Waals surface area (Å²) in [7, 11) is 0. The fraction of sp³-hybridized carbons (Fsp3) is 0.562. The molecule has 2 rings (SSSR count). The van der Waals surface area contributed by atoms with Crippen LogP contribution in [0.25, 0.3) is 0 Å². The molecule has 3 nitrogen and oxygen atoms in total. The van der Waals surface area contributed by atoms with Gasteiger partial charge in [-0.3, -0.25) is 4.79 Å². The summed E-state index contributed by atoms with van der Waals surface area (Å²) >= 11 is 1.44. The zero-order valence-corrected chi connectivity index (χ0v) is 12.9. The first-order valence-electron chi connectivity index (χ1n) is 7.19. The van der Waals surface area contributed by atoms with Crippen LogP contribution in [-0.4, -0.2) is 18.5 Å². The number of carbonyl (C=O) groups is 1. The second kappa shape index (κ2) is 6.92. The van der Waals surface area contributed by atoms with E-state index >= 15 is 0 Å². The van der Waals surface area contributed by atoms with Crippen LogP contribution in [-0.2, 0) is 0 Å². The zero-order chi connectivity index (χ0) is 14.5. The Balaban J connectivity index is 2.00. The van der Waals surface area contributed by atoms with E-state index in [1.54, 1.807) is 0 Å². The molecule has 108 valence electrons. The summed E-state index contributed by atoms with van der Waals surface area (Å²) < 4.78 is 0. The SMILES string of the molecule is CC1CCC(NC(=O)c2sccc2C#CCN)CC1C. The predicted octanol–water partition coefficient (Wildman–Crippen LogP) is 2.61. The predicted molar refractivity (Wildman–Crippen MR) is 83.7 cm³/mol. The molecule has 20 heavy (non-hydrogen) atoms. The maximum atomic E-state index is 12.3.